The van der Waals surface area contributed by atoms with Crippen LogP contribution in [0.15, 0.2) is 0 Å². The minimum absolute atomic E-state index is 0.0948. The summed E-state index contributed by atoms with van der Waals surface area (Å²) in [5.74, 6) is -0.926. The maximum absolute atomic E-state index is 10.7. The lowest BCUT2D eigenvalue weighted by Gasteiger charge is -2.10. The normalized spacial score (nSPS) is 12.2. The van der Waals surface area contributed by atoms with Crippen molar-refractivity contribution < 1.29 is 14.8 Å². The maximum Gasteiger partial charge on any atom is 0.406 e. The van der Waals surface area contributed by atoms with Crippen molar-refractivity contribution >= 4 is 17.6 Å². The van der Waals surface area contributed by atoms with Gasteiger partial charge in [0, 0.05) is 14.0 Å². The Morgan fingerprint density at radius 1 is 1.69 bits per heavy atom. The lowest BCUT2D eigenvalue weighted by Crippen LogP contribution is -2.26. The standard InChI is InChI=1S/C8H12N4O4/c1-4(8(13)14)9-6-7(12(15)16)10-5(2)11(6)3/h4,9H,1-3H3,(H,13,14). The number of carboxylic acid groups (broad SMARTS) is 1. The van der Waals surface area contributed by atoms with Gasteiger partial charge in [-0.2, -0.15) is 0 Å². The number of rotatable bonds is 4. The zero-order valence-corrected chi connectivity index (χ0v) is 9.09. The molecule has 0 aliphatic rings. The highest BCUT2D eigenvalue weighted by Gasteiger charge is 2.26. The van der Waals surface area contributed by atoms with Crippen LogP contribution in [0.25, 0.3) is 0 Å². The molecule has 1 aromatic rings. The van der Waals surface area contributed by atoms with Crippen molar-refractivity contribution in [2.24, 2.45) is 7.05 Å². The number of nitrogens with zero attached hydrogens (tertiary/aromatic N) is 3. The van der Waals surface area contributed by atoms with E-state index < -0.39 is 16.9 Å². The van der Waals surface area contributed by atoms with Crippen LogP contribution < -0.4 is 5.32 Å². The Bertz CT molecular complexity index is 439. The Kier molecular flexibility index (Phi) is 3.11. The van der Waals surface area contributed by atoms with E-state index in [9.17, 15) is 14.9 Å². The molecule has 1 heterocycles. The summed E-state index contributed by atoms with van der Waals surface area (Å²) in [4.78, 5) is 24.4. The van der Waals surface area contributed by atoms with Gasteiger partial charge in [-0.25, -0.2) is 0 Å². The predicted molar refractivity (Wildman–Crippen MR) is 55.3 cm³/mol. The first-order valence-corrected chi connectivity index (χ1v) is 4.51. The second-order valence-electron chi connectivity index (χ2n) is 3.35. The largest absolute Gasteiger partial charge is 0.480 e. The van der Waals surface area contributed by atoms with Gasteiger partial charge in [-0.15, -0.1) is 0 Å². The highest BCUT2D eigenvalue weighted by atomic mass is 16.6. The van der Waals surface area contributed by atoms with Crippen molar-refractivity contribution in [3.8, 4) is 0 Å². The quantitative estimate of drug-likeness (QED) is 0.574. The molecule has 0 amide bonds. The molecule has 1 atom stereocenters. The number of aliphatic carboxylic acids is 1. The molecular formula is C8H12N4O4. The van der Waals surface area contributed by atoms with Crippen molar-refractivity contribution in [3.63, 3.8) is 0 Å². The molecule has 8 heteroatoms. The van der Waals surface area contributed by atoms with Crippen molar-refractivity contribution in [1.82, 2.24) is 9.55 Å². The van der Waals surface area contributed by atoms with Crippen molar-refractivity contribution in [2.75, 3.05) is 5.32 Å². The van der Waals surface area contributed by atoms with Crippen molar-refractivity contribution in [1.29, 1.82) is 0 Å². The van der Waals surface area contributed by atoms with Gasteiger partial charge >= 0.3 is 11.8 Å². The minimum atomic E-state index is -1.09. The van der Waals surface area contributed by atoms with Gasteiger partial charge in [0.1, 0.15) is 6.04 Å². The average molecular weight is 228 g/mol. The molecule has 16 heavy (non-hydrogen) atoms. The van der Waals surface area contributed by atoms with Gasteiger partial charge < -0.3 is 20.5 Å². The molecule has 2 N–H and O–H groups in total. The molecular weight excluding hydrogens is 216 g/mol. The summed E-state index contributed by atoms with van der Waals surface area (Å²) in [6, 6.07) is -0.923. The first-order valence-electron chi connectivity index (χ1n) is 4.51. The predicted octanol–water partition coefficient (Wildman–Crippen LogP) is 0.522. The molecule has 0 saturated carbocycles. The number of nitro groups is 1. The fourth-order valence-corrected chi connectivity index (χ4v) is 1.15. The molecule has 1 unspecified atom stereocenters. The zero-order valence-electron chi connectivity index (χ0n) is 9.09. The molecule has 0 aromatic carbocycles. The van der Waals surface area contributed by atoms with Gasteiger partial charge in [-0.1, -0.05) is 0 Å². The third-order valence-electron chi connectivity index (χ3n) is 2.20. The van der Waals surface area contributed by atoms with Crippen LogP contribution in [-0.2, 0) is 11.8 Å². The van der Waals surface area contributed by atoms with E-state index in [-0.39, 0.29) is 11.6 Å². The molecule has 0 bridgehead atoms. The summed E-state index contributed by atoms with van der Waals surface area (Å²) in [6.45, 7) is 3.00. The third-order valence-corrected chi connectivity index (χ3v) is 2.20. The molecule has 8 nitrogen and oxygen atoms in total. The van der Waals surface area contributed by atoms with Gasteiger partial charge in [0.25, 0.3) is 0 Å². The van der Waals surface area contributed by atoms with Gasteiger partial charge in [0.2, 0.25) is 11.6 Å². The summed E-state index contributed by atoms with van der Waals surface area (Å²) in [5, 5.41) is 21.9. The Balaban J connectivity index is 3.11. The van der Waals surface area contributed by atoms with Crippen LogP contribution in [0.5, 0.6) is 0 Å². The van der Waals surface area contributed by atoms with Gasteiger partial charge in [0.15, 0.2) is 0 Å². The van der Waals surface area contributed by atoms with E-state index in [4.69, 9.17) is 5.11 Å². The number of nitrogens with one attached hydrogen (secondary N) is 1. The number of hydrogen-bond donors (Lipinski definition) is 2. The molecule has 0 radical (unpaired) electrons. The fourth-order valence-electron chi connectivity index (χ4n) is 1.15. The lowest BCUT2D eigenvalue weighted by molar-refractivity contribution is -0.388. The van der Waals surface area contributed by atoms with Crippen LogP contribution in [0.4, 0.5) is 11.6 Å². The zero-order chi connectivity index (χ0) is 12.5. The summed E-state index contributed by atoms with van der Waals surface area (Å²) in [6.07, 6.45) is 0. The Morgan fingerprint density at radius 2 is 2.25 bits per heavy atom. The Labute approximate surface area is 91.1 Å². The van der Waals surface area contributed by atoms with Crippen LogP contribution >= 0.6 is 0 Å². The molecule has 0 aliphatic heterocycles. The minimum Gasteiger partial charge on any atom is -0.480 e. The van der Waals surface area contributed by atoms with E-state index in [0.29, 0.717) is 5.82 Å². The topological polar surface area (TPSA) is 110 Å². The van der Waals surface area contributed by atoms with E-state index in [0.717, 1.165) is 0 Å². The fraction of sp³-hybridized carbons (Fsp3) is 0.500. The number of aryl methyl sites for hydroxylation is 1. The van der Waals surface area contributed by atoms with E-state index >= 15 is 0 Å². The number of anilines is 1. The van der Waals surface area contributed by atoms with E-state index in [1.54, 1.807) is 14.0 Å². The molecule has 0 aliphatic carbocycles. The van der Waals surface area contributed by atoms with Crippen molar-refractivity contribution in [3.05, 3.63) is 15.9 Å². The number of carboxylic acids is 1. The SMILES string of the molecule is Cc1nc([N+](=O)[O-])c(NC(C)C(=O)O)n1C. The highest BCUT2D eigenvalue weighted by molar-refractivity contribution is 5.77. The maximum atomic E-state index is 10.7. The lowest BCUT2D eigenvalue weighted by atomic mass is 10.3. The molecule has 1 aromatic heterocycles. The van der Waals surface area contributed by atoms with Gasteiger partial charge in [0.05, 0.1) is 0 Å². The first kappa shape index (κ1) is 12.0. The molecule has 0 spiro atoms. The number of imidazole rings is 1. The monoisotopic (exact) mass is 228 g/mol. The second-order valence-corrected chi connectivity index (χ2v) is 3.35. The highest BCUT2D eigenvalue weighted by Crippen LogP contribution is 2.24. The number of carbonyl (C=O) groups is 1. The molecule has 88 valence electrons. The molecule has 0 fully saturated rings. The van der Waals surface area contributed by atoms with Gasteiger partial charge in [-0.3, -0.25) is 9.36 Å². The smallest absolute Gasteiger partial charge is 0.406 e. The van der Waals surface area contributed by atoms with Crippen LogP contribution in [-0.4, -0.2) is 31.6 Å². The van der Waals surface area contributed by atoms with Crippen LogP contribution in [0.2, 0.25) is 0 Å². The first-order chi connectivity index (χ1) is 7.34. The third kappa shape index (κ3) is 2.10. The van der Waals surface area contributed by atoms with Crippen LogP contribution in [0.3, 0.4) is 0 Å². The van der Waals surface area contributed by atoms with Crippen LogP contribution in [0.1, 0.15) is 12.7 Å². The Hall–Kier alpha value is -2.12. The number of hydrogen-bond acceptors (Lipinski definition) is 5. The summed E-state index contributed by atoms with van der Waals surface area (Å²) in [7, 11) is 1.58. The Morgan fingerprint density at radius 3 is 2.69 bits per heavy atom. The molecule has 0 saturated heterocycles. The summed E-state index contributed by atoms with van der Waals surface area (Å²) in [5.41, 5.74) is 0. The number of aromatic nitrogens is 2. The summed E-state index contributed by atoms with van der Waals surface area (Å²) < 4.78 is 1.44. The molecule has 1 rings (SSSR count). The van der Waals surface area contributed by atoms with Gasteiger partial charge in [-0.05, 0) is 16.8 Å². The summed E-state index contributed by atoms with van der Waals surface area (Å²) >= 11 is 0. The van der Waals surface area contributed by atoms with Crippen molar-refractivity contribution in [2.45, 2.75) is 19.9 Å². The second kappa shape index (κ2) is 4.17. The van der Waals surface area contributed by atoms with Crippen LogP contribution in [0, 0.1) is 17.0 Å². The van der Waals surface area contributed by atoms with E-state index in [1.807, 2.05) is 0 Å². The van der Waals surface area contributed by atoms with E-state index in [2.05, 4.69) is 10.3 Å². The van der Waals surface area contributed by atoms with E-state index in [1.165, 1.54) is 11.5 Å². The average Bonchev–Trinajstić information content (AvgIpc) is 2.45.